The monoisotopic (exact) mass is 622 g/mol. The van der Waals surface area contributed by atoms with Gasteiger partial charge in [-0.05, 0) is 37.9 Å². The molecule has 0 saturated heterocycles. The van der Waals surface area contributed by atoms with Crippen molar-refractivity contribution in [1.29, 1.82) is 0 Å². The zero-order valence-electron chi connectivity index (χ0n) is 26.5. The van der Waals surface area contributed by atoms with Gasteiger partial charge in [-0.2, -0.15) is 0 Å². The summed E-state index contributed by atoms with van der Waals surface area (Å²) < 4.78 is 24.6. The van der Waals surface area contributed by atoms with Crippen LogP contribution < -0.4 is 0 Å². The molecule has 0 fully saturated rings. The second-order valence-electron chi connectivity index (χ2n) is 10.4. The Hall–Kier alpha value is -3.62. The highest BCUT2D eigenvalue weighted by atomic mass is 16.5. The van der Waals surface area contributed by atoms with Crippen LogP contribution in [0.5, 0.6) is 0 Å². The average Bonchev–Trinajstić information content (AvgIpc) is 3.03. The lowest BCUT2D eigenvalue weighted by Gasteiger charge is -2.35. The summed E-state index contributed by atoms with van der Waals surface area (Å²) in [6, 6.07) is 4.13. The lowest BCUT2D eigenvalue weighted by atomic mass is 10.1. The van der Waals surface area contributed by atoms with E-state index in [1.807, 2.05) is 28.0 Å². The lowest BCUT2D eigenvalue weighted by molar-refractivity contribution is -0.150. The summed E-state index contributed by atoms with van der Waals surface area (Å²) in [7, 11) is 6.58. The minimum atomic E-state index is -0.719. The number of hydrogen-bond acceptors (Lipinski definition) is 14. The van der Waals surface area contributed by atoms with Crippen LogP contribution in [0.15, 0.2) is 18.2 Å². The second kappa shape index (κ2) is 19.6. The maximum absolute atomic E-state index is 12.9. The molecular formula is C30H46N4O10. The molecule has 2 rings (SSSR count). The van der Waals surface area contributed by atoms with E-state index in [-0.39, 0.29) is 38.1 Å². The number of aromatic nitrogens is 1. The molecule has 0 saturated carbocycles. The fourth-order valence-electron chi connectivity index (χ4n) is 5.12. The van der Waals surface area contributed by atoms with Crippen molar-refractivity contribution in [3.8, 4) is 0 Å². The van der Waals surface area contributed by atoms with Gasteiger partial charge >= 0.3 is 29.8 Å². The molecule has 1 aromatic rings. The van der Waals surface area contributed by atoms with Gasteiger partial charge in [0, 0.05) is 58.5 Å². The van der Waals surface area contributed by atoms with Crippen molar-refractivity contribution < 1.29 is 47.7 Å². The fraction of sp³-hybridized carbons (Fsp3) is 0.667. The van der Waals surface area contributed by atoms with Crippen molar-refractivity contribution in [2.45, 2.75) is 63.7 Å². The zero-order valence-corrected chi connectivity index (χ0v) is 26.5. The largest absolute Gasteiger partial charge is 0.469 e. The van der Waals surface area contributed by atoms with Crippen LogP contribution in [0, 0.1) is 0 Å². The molecule has 1 aliphatic rings. The highest BCUT2D eigenvalue weighted by Gasteiger charge is 2.31. The van der Waals surface area contributed by atoms with Gasteiger partial charge in [-0.1, -0.05) is 6.07 Å². The normalized spacial score (nSPS) is 16.4. The average molecular weight is 623 g/mol. The summed E-state index contributed by atoms with van der Waals surface area (Å²) in [4.78, 5) is 72.4. The minimum Gasteiger partial charge on any atom is -0.469 e. The molecule has 2 atom stereocenters. The molecule has 246 valence electrons. The molecular weight excluding hydrogens is 576 g/mol. The lowest BCUT2D eigenvalue weighted by Crippen LogP contribution is -2.49. The van der Waals surface area contributed by atoms with E-state index in [9.17, 15) is 24.0 Å². The van der Waals surface area contributed by atoms with E-state index < -0.39 is 36.0 Å². The van der Waals surface area contributed by atoms with Gasteiger partial charge in [0.15, 0.2) is 0 Å². The molecule has 44 heavy (non-hydrogen) atoms. The van der Waals surface area contributed by atoms with Crippen LogP contribution in [0.2, 0.25) is 0 Å². The Morgan fingerprint density at radius 2 is 1.09 bits per heavy atom. The number of rotatable bonds is 14. The predicted molar refractivity (Wildman–Crippen MR) is 157 cm³/mol. The second-order valence-corrected chi connectivity index (χ2v) is 10.4. The Morgan fingerprint density at radius 1 is 0.659 bits per heavy atom. The van der Waals surface area contributed by atoms with Gasteiger partial charge in [-0.15, -0.1) is 0 Å². The van der Waals surface area contributed by atoms with Crippen LogP contribution in [0.1, 0.15) is 49.9 Å². The smallest absolute Gasteiger partial charge is 0.323 e. The Balaban J connectivity index is 2.45. The van der Waals surface area contributed by atoms with Crippen LogP contribution in [0.4, 0.5) is 0 Å². The summed E-state index contributed by atoms with van der Waals surface area (Å²) in [6.45, 7) is 3.01. The van der Waals surface area contributed by atoms with Crippen LogP contribution in [0.25, 0.3) is 0 Å². The number of carbonyl (C=O) groups is 5. The topological polar surface area (TPSA) is 154 Å². The number of fused-ring (bicyclic) bond motifs is 2. The molecule has 1 aromatic heterocycles. The van der Waals surface area contributed by atoms with Crippen LogP contribution >= 0.6 is 0 Å². The first kappa shape index (κ1) is 36.6. The standard InChI is InChI=1S/C30H46N4O10/c1-40-26(35)10-7-15-32-16-18-33(24(29(38)43-4)11-13-27(36)41-2)20-22-8-6-9-23(31-22)21-34(19-17-32)25(30(39)44-5)12-14-28(37)42-3/h6,8-9,24-25H,7,10-21H2,1-5H3. The third-order valence-electron chi connectivity index (χ3n) is 7.61. The number of hydrogen-bond donors (Lipinski definition) is 0. The molecule has 0 radical (unpaired) electrons. The van der Waals surface area contributed by atoms with Crippen LogP contribution in [0.3, 0.4) is 0 Å². The number of ether oxygens (including phenoxy) is 5. The van der Waals surface area contributed by atoms with Gasteiger partial charge < -0.3 is 28.6 Å². The summed E-state index contributed by atoms with van der Waals surface area (Å²) in [6.07, 6.45) is 1.27. The Morgan fingerprint density at radius 3 is 1.50 bits per heavy atom. The molecule has 0 N–H and O–H groups in total. The van der Waals surface area contributed by atoms with Crippen LogP contribution in [-0.2, 0) is 60.7 Å². The summed E-state index contributed by atoms with van der Waals surface area (Å²) in [5, 5.41) is 0. The van der Waals surface area contributed by atoms with Gasteiger partial charge in [0.25, 0.3) is 0 Å². The molecule has 1 aliphatic heterocycles. The number of carbonyl (C=O) groups excluding carboxylic acids is 5. The maximum Gasteiger partial charge on any atom is 0.323 e. The summed E-state index contributed by atoms with van der Waals surface area (Å²) >= 11 is 0. The number of esters is 5. The Kier molecular flexibility index (Phi) is 16.3. The minimum absolute atomic E-state index is 0.0402. The fourth-order valence-corrected chi connectivity index (χ4v) is 5.12. The molecule has 2 bridgehead atoms. The molecule has 0 spiro atoms. The van der Waals surface area contributed by atoms with E-state index in [0.29, 0.717) is 63.6 Å². The van der Waals surface area contributed by atoms with Gasteiger partial charge in [0.1, 0.15) is 12.1 Å². The summed E-state index contributed by atoms with van der Waals surface area (Å²) in [5.41, 5.74) is 1.38. The Bertz CT molecular complexity index is 1030. The first-order valence-electron chi connectivity index (χ1n) is 14.7. The number of nitrogens with zero attached hydrogens (tertiary/aromatic N) is 4. The highest BCUT2D eigenvalue weighted by molar-refractivity contribution is 5.78. The molecule has 0 amide bonds. The third kappa shape index (κ3) is 12.2. The third-order valence-corrected chi connectivity index (χ3v) is 7.61. The highest BCUT2D eigenvalue weighted by Crippen LogP contribution is 2.19. The van der Waals surface area contributed by atoms with E-state index in [2.05, 4.69) is 4.90 Å². The maximum atomic E-state index is 12.9. The van der Waals surface area contributed by atoms with Crippen molar-refractivity contribution in [3.05, 3.63) is 29.6 Å². The van der Waals surface area contributed by atoms with E-state index >= 15 is 0 Å². The first-order valence-corrected chi connectivity index (χ1v) is 14.7. The van der Waals surface area contributed by atoms with Gasteiger partial charge in [-0.25, -0.2) is 0 Å². The molecule has 0 aromatic carbocycles. The van der Waals surface area contributed by atoms with Crippen molar-refractivity contribution in [2.24, 2.45) is 0 Å². The van der Waals surface area contributed by atoms with Crippen molar-refractivity contribution >= 4 is 29.8 Å². The quantitative estimate of drug-likeness (QED) is 0.214. The predicted octanol–water partition coefficient (Wildman–Crippen LogP) is 0.944. The van der Waals surface area contributed by atoms with Gasteiger partial charge in [0.05, 0.1) is 46.9 Å². The molecule has 2 unspecified atom stereocenters. The van der Waals surface area contributed by atoms with E-state index in [1.54, 1.807) is 0 Å². The van der Waals surface area contributed by atoms with Crippen molar-refractivity contribution in [1.82, 2.24) is 19.7 Å². The van der Waals surface area contributed by atoms with Crippen molar-refractivity contribution in [3.63, 3.8) is 0 Å². The van der Waals surface area contributed by atoms with E-state index in [1.165, 1.54) is 35.5 Å². The summed E-state index contributed by atoms with van der Waals surface area (Å²) in [5.74, 6) is -2.09. The molecule has 14 nitrogen and oxygen atoms in total. The Labute approximate surface area is 258 Å². The van der Waals surface area contributed by atoms with Gasteiger partial charge in [0.2, 0.25) is 0 Å². The van der Waals surface area contributed by atoms with Crippen LogP contribution in [-0.4, -0.2) is 130 Å². The van der Waals surface area contributed by atoms with Crippen molar-refractivity contribution in [2.75, 3.05) is 68.3 Å². The first-order chi connectivity index (χ1) is 21.1. The zero-order chi connectivity index (χ0) is 32.5. The number of methoxy groups -OCH3 is 5. The van der Waals surface area contributed by atoms with Gasteiger partial charge in [-0.3, -0.25) is 38.8 Å². The van der Waals surface area contributed by atoms with E-state index in [4.69, 9.17) is 28.7 Å². The SMILES string of the molecule is COC(=O)CCCN1CCN(C(CCC(=O)OC)C(=O)OC)Cc2cccc(n2)CN(C(CCC(=O)OC)C(=O)OC)CC1. The number of pyridine rings is 1. The molecule has 14 heteroatoms. The molecule has 2 heterocycles. The van der Waals surface area contributed by atoms with E-state index in [0.717, 1.165) is 0 Å². The molecule has 0 aliphatic carbocycles.